The molecule has 50 valence electrons. The lowest BCUT2D eigenvalue weighted by molar-refractivity contribution is 0.589. The Morgan fingerprint density at radius 1 is 0.750 bits per heavy atom. The summed E-state index contributed by atoms with van der Waals surface area (Å²) in [5, 5.41) is 0. The Bertz CT molecular complexity index is 224. The zero-order valence-electron chi connectivity index (χ0n) is 4.45. The van der Waals surface area contributed by atoms with E-state index in [4.69, 9.17) is 0 Å². The Kier molecular flexibility index (Phi) is 1.67. The van der Waals surface area contributed by atoms with Gasteiger partial charge in [0.25, 0.3) is 0 Å². The van der Waals surface area contributed by atoms with Crippen molar-refractivity contribution in [1.29, 1.82) is 0 Å². The summed E-state index contributed by atoms with van der Waals surface area (Å²) in [4.78, 5) is 0. The van der Waals surface area contributed by atoms with Gasteiger partial charge in [-0.25, -0.2) is 16.8 Å². The first-order valence-electron chi connectivity index (χ1n) is 1.65. The summed E-state index contributed by atoms with van der Waals surface area (Å²) < 4.78 is 40.3. The molecule has 0 spiro atoms. The highest BCUT2D eigenvalue weighted by Gasteiger charge is 2.15. The van der Waals surface area contributed by atoms with E-state index in [2.05, 4.69) is 0 Å². The molecule has 0 N–H and O–H groups in total. The Balaban J connectivity index is 5.18. The molecule has 0 aliphatic heterocycles. The van der Waals surface area contributed by atoms with Crippen LogP contribution < -0.4 is 0 Å². The highest BCUT2D eigenvalue weighted by molar-refractivity contribution is 8.66. The third-order valence-electron chi connectivity index (χ3n) is 0.550. The minimum atomic E-state index is -3.87. The van der Waals surface area contributed by atoms with Crippen LogP contribution in [0.4, 0.5) is 0 Å². The summed E-state index contributed by atoms with van der Waals surface area (Å²) in [6.45, 7) is 0. The molecule has 0 aromatic carbocycles. The normalized spacial score (nSPS) is 13.8. The van der Waals surface area contributed by atoms with Gasteiger partial charge >= 0.3 is 0 Å². The van der Waals surface area contributed by atoms with Crippen LogP contribution in [-0.4, -0.2) is 29.3 Å². The zero-order valence-corrected chi connectivity index (χ0v) is 6.08. The van der Waals surface area contributed by atoms with E-state index >= 15 is 0 Å². The molecular weight excluding hydrogens is 152 g/mol. The van der Waals surface area contributed by atoms with Gasteiger partial charge in [0.1, 0.15) is 0 Å². The van der Waals surface area contributed by atoms with Crippen LogP contribution in [0.25, 0.3) is 0 Å². The first kappa shape index (κ1) is 7.90. The van der Waals surface area contributed by atoms with Crippen molar-refractivity contribution in [2.24, 2.45) is 0 Å². The zero-order chi connectivity index (χ0) is 7.00. The Morgan fingerprint density at radius 2 is 0.875 bits per heavy atom. The van der Waals surface area contributed by atoms with Crippen LogP contribution in [0.1, 0.15) is 0 Å². The van der Waals surface area contributed by atoms with E-state index in [1.54, 1.807) is 0 Å². The van der Waals surface area contributed by atoms with Gasteiger partial charge in [0.2, 0.25) is 17.7 Å². The standard InChI is InChI=1S/C2H6O4S2/c1-7(3,4)8(2,5)6/h1-2H3. The number of hydrogen-bond acceptors (Lipinski definition) is 4. The number of hydrogen-bond donors (Lipinski definition) is 0. The third kappa shape index (κ3) is 1.79. The summed E-state index contributed by atoms with van der Waals surface area (Å²) >= 11 is 0. The lowest BCUT2D eigenvalue weighted by Gasteiger charge is -1.87. The molecule has 0 rings (SSSR count). The van der Waals surface area contributed by atoms with Crippen LogP contribution in [0, 0.1) is 0 Å². The van der Waals surface area contributed by atoms with Crippen LogP contribution in [0.3, 0.4) is 0 Å². The predicted octanol–water partition coefficient (Wildman–Crippen LogP) is -1.01. The molecule has 0 aliphatic rings. The molecule has 0 amide bonds. The van der Waals surface area contributed by atoms with Crippen molar-refractivity contribution in [2.75, 3.05) is 12.5 Å². The van der Waals surface area contributed by atoms with Crippen molar-refractivity contribution >= 4 is 17.7 Å². The molecule has 4 nitrogen and oxygen atoms in total. The molecule has 6 heteroatoms. The first-order chi connectivity index (χ1) is 3.25. The number of rotatable bonds is 1. The van der Waals surface area contributed by atoms with E-state index in [1.165, 1.54) is 0 Å². The highest BCUT2D eigenvalue weighted by Crippen LogP contribution is 1.92. The van der Waals surface area contributed by atoms with Gasteiger partial charge < -0.3 is 0 Å². The van der Waals surface area contributed by atoms with Crippen LogP contribution in [0.15, 0.2) is 0 Å². The Hall–Kier alpha value is -0.100. The summed E-state index contributed by atoms with van der Waals surface area (Å²) in [6.07, 6.45) is 1.31. The fraction of sp³-hybridized carbons (Fsp3) is 1.00. The van der Waals surface area contributed by atoms with Crippen LogP contribution in [-0.2, 0) is 17.7 Å². The van der Waals surface area contributed by atoms with Gasteiger partial charge in [0, 0.05) is 0 Å². The molecule has 0 aliphatic carbocycles. The molecule has 0 aromatic rings. The van der Waals surface area contributed by atoms with E-state index in [9.17, 15) is 16.8 Å². The van der Waals surface area contributed by atoms with Crippen LogP contribution in [0.2, 0.25) is 0 Å². The molecule has 0 radical (unpaired) electrons. The van der Waals surface area contributed by atoms with Gasteiger partial charge in [-0.15, -0.1) is 0 Å². The maximum absolute atomic E-state index is 10.1. The van der Waals surface area contributed by atoms with E-state index in [0.29, 0.717) is 12.5 Å². The minimum absolute atomic E-state index is 0.655. The summed E-state index contributed by atoms with van der Waals surface area (Å²) in [5.41, 5.74) is 0. The fourth-order valence-corrected chi connectivity index (χ4v) is 0. The van der Waals surface area contributed by atoms with Crippen molar-refractivity contribution < 1.29 is 16.8 Å². The van der Waals surface area contributed by atoms with E-state index in [0.717, 1.165) is 0 Å². The Morgan fingerprint density at radius 3 is 0.875 bits per heavy atom. The molecule has 0 saturated heterocycles. The predicted molar refractivity (Wildman–Crippen MR) is 29.7 cm³/mol. The van der Waals surface area contributed by atoms with E-state index in [1.807, 2.05) is 0 Å². The molecule has 0 heterocycles. The minimum Gasteiger partial charge on any atom is -0.213 e. The highest BCUT2D eigenvalue weighted by atomic mass is 33.2. The lowest BCUT2D eigenvalue weighted by atomic mass is 12.0. The quantitative estimate of drug-likeness (QED) is 0.458. The second-order valence-electron chi connectivity index (χ2n) is 1.41. The van der Waals surface area contributed by atoms with Gasteiger partial charge in [-0.05, 0) is 0 Å². The fourth-order valence-electron chi connectivity index (χ4n) is 0. The molecule has 0 bridgehead atoms. The summed E-state index contributed by atoms with van der Waals surface area (Å²) in [5.74, 6) is 0. The third-order valence-corrected chi connectivity index (χ3v) is 4.95. The van der Waals surface area contributed by atoms with Crippen molar-refractivity contribution in [3.63, 3.8) is 0 Å². The van der Waals surface area contributed by atoms with Crippen LogP contribution in [0.5, 0.6) is 0 Å². The van der Waals surface area contributed by atoms with Gasteiger partial charge in [-0.1, -0.05) is 0 Å². The SMILES string of the molecule is CS(=O)(=O)S(C)(=O)=O. The topological polar surface area (TPSA) is 68.3 Å². The summed E-state index contributed by atoms with van der Waals surface area (Å²) in [7, 11) is -7.74. The molecule has 0 unspecified atom stereocenters. The second-order valence-corrected chi connectivity index (χ2v) is 7.86. The Labute approximate surface area is 47.8 Å². The van der Waals surface area contributed by atoms with Crippen molar-refractivity contribution in [3.05, 3.63) is 0 Å². The molecule has 0 atom stereocenters. The average molecular weight is 158 g/mol. The van der Waals surface area contributed by atoms with Gasteiger partial charge in [-0.3, -0.25) is 0 Å². The maximum Gasteiger partial charge on any atom is 0.250 e. The van der Waals surface area contributed by atoms with Crippen molar-refractivity contribution in [1.82, 2.24) is 0 Å². The second kappa shape index (κ2) is 1.70. The first-order valence-corrected chi connectivity index (χ1v) is 5.95. The smallest absolute Gasteiger partial charge is 0.213 e. The van der Waals surface area contributed by atoms with Crippen LogP contribution >= 0.6 is 0 Å². The molecule has 0 saturated carbocycles. The molecule has 0 fully saturated rings. The molecule has 8 heavy (non-hydrogen) atoms. The molecular formula is C2H6O4S2. The van der Waals surface area contributed by atoms with E-state index in [-0.39, 0.29) is 0 Å². The van der Waals surface area contributed by atoms with Gasteiger partial charge in [0.05, 0.1) is 12.5 Å². The average Bonchev–Trinajstić information content (AvgIpc) is 1.25. The van der Waals surface area contributed by atoms with E-state index < -0.39 is 17.7 Å². The largest absolute Gasteiger partial charge is 0.250 e. The van der Waals surface area contributed by atoms with Gasteiger partial charge in [0.15, 0.2) is 0 Å². The monoisotopic (exact) mass is 158 g/mol. The lowest BCUT2D eigenvalue weighted by Crippen LogP contribution is -2.10. The van der Waals surface area contributed by atoms with Crippen molar-refractivity contribution in [3.8, 4) is 0 Å². The summed E-state index contributed by atoms with van der Waals surface area (Å²) in [6, 6.07) is 0. The van der Waals surface area contributed by atoms with Gasteiger partial charge in [-0.2, -0.15) is 0 Å². The molecule has 0 aromatic heterocycles. The van der Waals surface area contributed by atoms with Crippen molar-refractivity contribution in [2.45, 2.75) is 0 Å². The maximum atomic E-state index is 10.1.